The number of benzene rings is 3. The van der Waals surface area contributed by atoms with Crippen LogP contribution in [0.1, 0.15) is 28.3 Å². The van der Waals surface area contributed by atoms with Gasteiger partial charge in [0.15, 0.2) is 6.61 Å². The summed E-state index contributed by atoms with van der Waals surface area (Å²) in [4.78, 5) is 58.7. The zero-order chi connectivity index (χ0) is 31.0. The SMILES string of the molecule is Cc1cccc(NC(=O)COc2ccc(Br)cc2[C@H]2c3sc(=O)[nH]c3SC3C4CC(C5C(=O)N(c6ccccc6)C(=O)C45)C32)c1. The van der Waals surface area contributed by atoms with E-state index in [1.165, 1.54) is 16.2 Å². The van der Waals surface area contributed by atoms with E-state index in [4.69, 9.17) is 4.74 Å². The van der Waals surface area contributed by atoms with Gasteiger partial charge in [0.25, 0.3) is 5.91 Å². The molecule has 8 nitrogen and oxygen atoms in total. The number of H-pyrrole nitrogens is 1. The van der Waals surface area contributed by atoms with Crippen LogP contribution in [0.5, 0.6) is 5.75 Å². The summed E-state index contributed by atoms with van der Waals surface area (Å²) in [5.41, 5.74) is 3.21. The summed E-state index contributed by atoms with van der Waals surface area (Å²) >= 11 is 6.47. The number of aryl methyl sites for hydroxylation is 1. The Bertz CT molecular complexity index is 1930. The number of fused-ring (bicyclic) bond motifs is 9. The van der Waals surface area contributed by atoms with Gasteiger partial charge in [-0.3, -0.25) is 24.1 Å². The first-order chi connectivity index (χ1) is 21.8. The first kappa shape index (κ1) is 28.8. The van der Waals surface area contributed by atoms with Gasteiger partial charge in [-0.15, -0.1) is 11.8 Å². The second-order valence-corrected chi connectivity index (χ2v) is 15.3. The molecule has 3 amide bonds. The number of carbonyl (C=O) groups is 3. The normalized spacial score (nSPS) is 27.7. The Morgan fingerprint density at radius 2 is 1.78 bits per heavy atom. The van der Waals surface area contributed by atoms with Gasteiger partial charge in [0, 0.05) is 31.8 Å². The van der Waals surface area contributed by atoms with E-state index in [9.17, 15) is 19.2 Å². The van der Waals surface area contributed by atoms with Crippen molar-refractivity contribution < 1.29 is 19.1 Å². The number of hydrogen-bond donors (Lipinski definition) is 2. The molecule has 2 N–H and O–H groups in total. The van der Waals surface area contributed by atoms with Crippen molar-refractivity contribution in [2.24, 2.45) is 29.6 Å². The quantitative estimate of drug-likeness (QED) is 0.232. The fourth-order valence-corrected chi connectivity index (χ4v) is 11.4. The number of rotatable bonds is 6. The third-order valence-electron chi connectivity index (χ3n) is 9.71. The van der Waals surface area contributed by atoms with Crippen molar-refractivity contribution in [3.05, 3.63) is 103 Å². The molecule has 4 aliphatic rings. The maximum Gasteiger partial charge on any atom is 0.305 e. The van der Waals surface area contributed by atoms with Gasteiger partial charge in [-0.05, 0) is 79.1 Å². The van der Waals surface area contributed by atoms with Gasteiger partial charge >= 0.3 is 4.87 Å². The molecule has 2 aliphatic heterocycles. The Morgan fingerprint density at radius 1 is 1.00 bits per heavy atom. The summed E-state index contributed by atoms with van der Waals surface area (Å²) in [5, 5.41) is 3.76. The first-order valence-electron chi connectivity index (χ1n) is 14.9. The molecule has 3 heterocycles. The molecule has 3 fully saturated rings. The van der Waals surface area contributed by atoms with Crippen LogP contribution in [0.3, 0.4) is 0 Å². The van der Waals surface area contributed by atoms with Crippen molar-refractivity contribution in [1.82, 2.24) is 4.98 Å². The van der Waals surface area contributed by atoms with Crippen LogP contribution in [0.2, 0.25) is 0 Å². The van der Waals surface area contributed by atoms with Crippen LogP contribution in [0.15, 0.2) is 87.1 Å². The second-order valence-electron chi connectivity index (χ2n) is 12.2. The predicted octanol–water partition coefficient (Wildman–Crippen LogP) is 6.20. The number of thiazole rings is 1. The Morgan fingerprint density at radius 3 is 2.56 bits per heavy atom. The molecule has 8 rings (SSSR count). The van der Waals surface area contributed by atoms with E-state index in [0.29, 0.717) is 17.1 Å². The zero-order valence-electron chi connectivity index (χ0n) is 24.1. The Hall–Kier alpha value is -3.67. The fraction of sp³-hybridized carbons (Fsp3) is 0.294. The number of para-hydroxylation sites is 1. The molecular formula is C34H28BrN3O5S2. The lowest BCUT2D eigenvalue weighted by atomic mass is 9.68. The summed E-state index contributed by atoms with van der Waals surface area (Å²) < 4.78 is 7.05. The molecule has 2 bridgehead atoms. The number of carbonyl (C=O) groups excluding carboxylic acids is 3. The van der Waals surface area contributed by atoms with Gasteiger partial charge in [0.05, 0.1) is 22.5 Å². The molecule has 6 unspecified atom stereocenters. The molecule has 0 spiro atoms. The molecule has 1 aromatic heterocycles. The zero-order valence-corrected chi connectivity index (χ0v) is 27.3. The van der Waals surface area contributed by atoms with Gasteiger partial charge < -0.3 is 15.0 Å². The second kappa shape index (κ2) is 11.0. The van der Waals surface area contributed by atoms with E-state index >= 15 is 0 Å². The molecule has 7 atom stereocenters. The highest BCUT2D eigenvalue weighted by atomic mass is 79.9. The largest absolute Gasteiger partial charge is 0.483 e. The lowest BCUT2D eigenvalue weighted by Gasteiger charge is -2.43. The maximum absolute atomic E-state index is 14.0. The molecular weight excluding hydrogens is 674 g/mol. The van der Waals surface area contributed by atoms with Crippen LogP contribution in [0.25, 0.3) is 0 Å². The molecule has 2 saturated carbocycles. The smallest absolute Gasteiger partial charge is 0.305 e. The lowest BCUT2D eigenvalue weighted by Crippen LogP contribution is -2.42. The number of imide groups is 1. The van der Waals surface area contributed by atoms with Gasteiger partial charge in [0.2, 0.25) is 11.8 Å². The molecule has 4 aromatic rings. The number of anilines is 2. The number of nitrogens with one attached hydrogen (secondary N) is 2. The Balaban J connectivity index is 1.15. The minimum absolute atomic E-state index is 0.00504. The van der Waals surface area contributed by atoms with E-state index in [1.54, 1.807) is 11.8 Å². The predicted molar refractivity (Wildman–Crippen MR) is 177 cm³/mol. The molecule has 0 radical (unpaired) electrons. The molecule has 3 aromatic carbocycles. The lowest BCUT2D eigenvalue weighted by molar-refractivity contribution is -0.123. The van der Waals surface area contributed by atoms with E-state index in [2.05, 4.69) is 26.2 Å². The van der Waals surface area contributed by atoms with Gasteiger partial charge in [-0.2, -0.15) is 0 Å². The van der Waals surface area contributed by atoms with Gasteiger partial charge in [0.1, 0.15) is 5.75 Å². The number of hydrogen-bond acceptors (Lipinski definition) is 7. The molecule has 228 valence electrons. The van der Waals surface area contributed by atoms with Crippen molar-refractivity contribution in [1.29, 1.82) is 0 Å². The van der Waals surface area contributed by atoms with Crippen LogP contribution in [-0.2, 0) is 14.4 Å². The number of thioether (sulfide) groups is 1. The summed E-state index contributed by atoms with van der Waals surface area (Å²) in [6, 6.07) is 22.5. The maximum atomic E-state index is 14.0. The number of aromatic nitrogens is 1. The van der Waals surface area contributed by atoms with Crippen LogP contribution < -0.4 is 19.8 Å². The summed E-state index contributed by atoms with van der Waals surface area (Å²) in [7, 11) is 0. The van der Waals surface area contributed by atoms with E-state index < -0.39 is 5.92 Å². The number of halogens is 1. The highest BCUT2D eigenvalue weighted by molar-refractivity contribution is 9.10. The Labute approximate surface area is 275 Å². The van der Waals surface area contributed by atoms with Crippen LogP contribution >= 0.6 is 39.0 Å². The minimum Gasteiger partial charge on any atom is -0.483 e. The monoisotopic (exact) mass is 701 g/mol. The number of ether oxygens (including phenoxy) is 1. The average Bonchev–Trinajstić information content (AvgIpc) is 3.75. The van der Waals surface area contributed by atoms with Crippen molar-refractivity contribution in [2.45, 2.75) is 29.5 Å². The minimum atomic E-state index is -0.402. The average molecular weight is 703 g/mol. The standard InChI is InChI=1S/C34H28BrN3O5S2/c1-16-6-5-7-18(12-16)36-24(39)15-43-23-11-10-17(35)13-20(23)25-26-21-14-22(29(26)44-31-30(25)45-34(42)37-31)28-27(21)32(40)38(33(28)41)19-8-3-2-4-9-19/h2-13,21-22,25-29H,14-15H2,1H3,(H,36,39)(H,37,42)/t21?,22?,25-,26?,27?,28?,29?/m1/s1. The van der Waals surface area contributed by atoms with Crippen LogP contribution in [0.4, 0.5) is 11.4 Å². The fourth-order valence-electron chi connectivity index (χ4n) is 8.15. The first-order valence-corrected chi connectivity index (χ1v) is 17.4. The third kappa shape index (κ3) is 4.70. The molecule has 1 saturated heterocycles. The van der Waals surface area contributed by atoms with Gasteiger partial charge in [-0.1, -0.05) is 57.6 Å². The number of aromatic amines is 1. The van der Waals surface area contributed by atoms with Gasteiger partial charge in [-0.25, -0.2) is 0 Å². The molecule has 2 aliphatic carbocycles. The molecule has 11 heteroatoms. The topological polar surface area (TPSA) is 109 Å². The van der Waals surface area contributed by atoms with Crippen molar-refractivity contribution in [3.63, 3.8) is 0 Å². The summed E-state index contributed by atoms with van der Waals surface area (Å²) in [6.07, 6.45) is 0.788. The van der Waals surface area contributed by atoms with Crippen LogP contribution in [0, 0.1) is 36.5 Å². The summed E-state index contributed by atoms with van der Waals surface area (Å²) in [5.74, 6) is -1.000. The third-order valence-corrected chi connectivity index (χ3v) is 12.8. The van der Waals surface area contributed by atoms with E-state index in [1.807, 2.05) is 79.7 Å². The summed E-state index contributed by atoms with van der Waals surface area (Å²) in [6.45, 7) is 1.77. The molecule has 45 heavy (non-hydrogen) atoms. The van der Waals surface area contributed by atoms with E-state index in [-0.39, 0.29) is 64.0 Å². The highest BCUT2D eigenvalue weighted by Gasteiger charge is 2.69. The highest BCUT2D eigenvalue weighted by Crippen LogP contribution is 2.69. The van der Waals surface area contributed by atoms with Crippen molar-refractivity contribution in [3.8, 4) is 5.75 Å². The van der Waals surface area contributed by atoms with Crippen molar-refractivity contribution >= 4 is 68.1 Å². The number of nitrogens with zero attached hydrogens (tertiary/aromatic N) is 1. The van der Waals surface area contributed by atoms with E-state index in [0.717, 1.165) is 31.9 Å². The van der Waals surface area contributed by atoms with Crippen molar-refractivity contribution in [2.75, 3.05) is 16.8 Å². The number of amides is 3. The Kier molecular flexibility index (Phi) is 7.03. The van der Waals surface area contributed by atoms with Crippen LogP contribution in [-0.4, -0.2) is 34.6 Å².